The summed E-state index contributed by atoms with van der Waals surface area (Å²) >= 11 is 1.69. The van der Waals surface area contributed by atoms with E-state index >= 15 is 0 Å². The summed E-state index contributed by atoms with van der Waals surface area (Å²) in [4.78, 5) is 4.26. The standard InChI is InChI=1S/C11H6NS/c1-2-4-9-8(3-1)5-6-10-11(9)13-7-12-10/h1-4,6-7H. The van der Waals surface area contributed by atoms with Crippen LogP contribution < -0.4 is 0 Å². The molecule has 0 aliphatic carbocycles. The molecule has 13 heavy (non-hydrogen) atoms. The lowest BCUT2D eigenvalue weighted by Crippen LogP contribution is -1.72. The third-order valence-corrected chi connectivity index (χ3v) is 3.01. The van der Waals surface area contributed by atoms with E-state index in [9.17, 15) is 0 Å². The third kappa shape index (κ3) is 0.956. The maximum atomic E-state index is 4.26. The van der Waals surface area contributed by atoms with Gasteiger partial charge in [-0.3, -0.25) is 0 Å². The van der Waals surface area contributed by atoms with Crippen LogP contribution in [0.25, 0.3) is 21.0 Å². The summed E-state index contributed by atoms with van der Waals surface area (Å²) in [5, 5.41) is 2.42. The van der Waals surface area contributed by atoms with E-state index in [-0.39, 0.29) is 0 Å². The average molecular weight is 184 g/mol. The van der Waals surface area contributed by atoms with Crippen molar-refractivity contribution in [2.24, 2.45) is 0 Å². The van der Waals surface area contributed by atoms with Crippen LogP contribution in [0.15, 0.2) is 35.8 Å². The molecule has 1 radical (unpaired) electrons. The number of hydrogen-bond donors (Lipinski definition) is 0. The number of aromatic nitrogens is 1. The van der Waals surface area contributed by atoms with Crippen LogP contribution in [-0.2, 0) is 0 Å². The summed E-state index contributed by atoms with van der Waals surface area (Å²) in [7, 11) is 0. The van der Waals surface area contributed by atoms with Gasteiger partial charge >= 0.3 is 0 Å². The first-order valence-electron chi connectivity index (χ1n) is 4.08. The SMILES string of the molecule is [c]1cc2ncsc2c2ccccc12. The van der Waals surface area contributed by atoms with Gasteiger partial charge in [-0.15, -0.1) is 11.3 Å². The molecule has 2 heteroatoms. The van der Waals surface area contributed by atoms with Crippen molar-refractivity contribution < 1.29 is 0 Å². The van der Waals surface area contributed by atoms with Crippen molar-refractivity contribution in [3.05, 3.63) is 41.9 Å². The minimum absolute atomic E-state index is 1.05. The third-order valence-electron chi connectivity index (χ3n) is 2.13. The normalized spacial score (nSPS) is 11.1. The highest BCUT2D eigenvalue weighted by molar-refractivity contribution is 7.17. The molecule has 0 spiro atoms. The Morgan fingerprint density at radius 3 is 3.15 bits per heavy atom. The summed E-state index contributed by atoms with van der Waals surface area (Å²) in [5.41, 5.74) is 2.92. The van der Waals surface area contributed by atoms with Crippen LogP contribution in [0.4, 0.5) is 0 Å². The molecule has 0 amide bonds. The van der Waals surface area contributed by atoms with E-state index in [2.05, 4.69) is 29.2 Å². The van der Waals surface area contributed by atoms with E-state index in [1.54, 1.807) is 11.3 Å². The fraction of sp³-hybridized carbons (Fsp3) is 0. The summed E-state index contributed by atoms with van der Waals surface area (Å²) in [6.45, 7) is 0. The van der Waals surface area contributed by atoms with Crippen LogP contribution in [0.5, 0.6) is 0 Å². The van der Waals surface area contributed by atoms with Gasteiger partial charge in [-0.25, -0.2) is 4.98 Å². The second kappa shape index (κ2) is 2.54. The second-order valence-corrected chi connectivity index (χ2v) is 3.76. The fourth-order valence-electron chi connectivity index (χ4n) is 1.51. The molecule has 1 nitrogen and oxygen atoms in total. The number of thiazole rings is 1. The molecule has 0 unspecified atom stereocenters. The molecule has 0 fully saturated rings. The minimum Gasteiger partial charge on any atom is -0.245 e. The highest BCUT2D eigenvalue weighted by Gasteiger charge is 2.00. The molecular formula is C11H6NS. The van der Waals surface area contributed by atoms with Gasteiger partial charge in [0.2, 0.25) is 0 Å². The van der Waals surface area contributed by atoms with Gasteiger partial charge in [-0.05, 0) is 17.5 Å². The van der Waals surface area contributed by atoms with Crippen LogP contribution in [-0.4, -0.2) is 4.98 Å². The monoisotopic (exact) mass is 184 g/mol. The predicted octanol–water partition coefficient (Wildman–Crippen LogP) is 3.25. The Morgan fingerprint density at radius 1 is 1.23 bits per heavy atom. The Bertz CT molecular complexity index is 568. The van der Waals surface area contributed by atoms with Crippen LogP contribution in [0.2, 0.25) is 0 Å². The van der Waals surface area contributed by atoms with Gasteiger partial charge < -0.3 is 0 Å². The van der Waals surface area contributed by atoms with Gasteiger partial charge in [-0.2, -0.15) is 0 Å². The molecule has 61 valence electrons. The summed E-state index contributed by atoms with van der Waals surface area (Å²) in [5.74, 6) is 0. The maximum absolute atomic E-state index is 4.26. The zero-order valence-electron chi connectivity index (χ0n) is 6.82. The van der Waals surface area contributed by atoms with Crippen molar-refractivity contribution in [3.63, 3.8) is 0 Å². The molecule has 3 rings (SSSR count). The van der Waals surface area contributed by atoms with Crippen molar-refractivity contribution in [1.29, 1.82) is 0 Å². The summed E-state index contributed by atoms with van der Waals surface area (Å²) in [6.07, 6.45) is 0. The topological polar surface area (TPSA) is 12.9 Å². The first kappa shape index (κ1) is 7.04. The molecular weight excluding hydrogens is 178 g/mol. The van der Waals surface area contributed by atoms with Crippen molar-refractivity contribution in [1.82, 2.24) is 4.98 Å². The number of nitrogens with zero attached hydrogens (tertiary/aromatic N) is 1. The van der Waals surface area contributed by atoms with Crippen molar-refractivity contribution in [3.8, 4) is 0 Å². The average Bonchev–Trinajstić information content (AvgIpc) is 2.65. The van der Waals surface area contributed by atoms with Crippen LogP contribution in [0, 0.1) is 6.07 Å². The van der Waals surface area contributed by atoms with Crippen LogP contribution in [0.3, 0.4) is 0 Å². The molecule has 0 N–H and O–H groups in total. The predicted molar refractivity (Wildman–Crippen MR) is 56.0 cm³/mol. The van der Waals surface area contributed by atoms with E-state index in [0.29, 0.717) is 0 Å². The molecule has 0 saturated carbocycles. The van der Waals surface area contributed by atoms with E-state index < -0.39 is 0 Å². The summed E-state index contributed by atoms with van der Waals surface area (Å²) in [6, 6.07) is 13.5. The van der Waals surface area contributed by atoms with Crippen molar-refractivity contribution in [2.45, 2.75) is 0 Å². The largest absolute Gasteiger partial charge is 0.245 e. The molecule has 0 saturated heterocycles. The highest BCUT2D eigenvalue weighted by Crippen LogP contribution is 2.26. The maximum Gasteiger partial charge on any atom is 0.0824 e. The van der Waals surface area contributed by atoms with Crippen molar-refractivity contribution in [2.75, 3.05) is 0 Å². The van der Waals surface area contributed by atoms with Gasteiger partial charge in [0.25, 0.3) is 0 Å². The molecule has 2 aromatic carbocycles. The molecule has 0 bridgehead atoms. The van der Waals surface area contributed by atoms with Crippen LogP contribution >= 0.6 is 11.3 Å². The Labute approximate surface area is 79.7 Å². The zero-order chi connectivity index (χ0) is 8.67. The van der Waals surface area contributed by atoms with E-state index in [4.69, 9.17) is 0 Å². The summed E-state index contributed by atoms with van der Waals surface area (Å²) < 4.78 is 1.26. The fourth-order valence-corrected chi connectivity index (χ4v) is 2.32. The lowest BCUT2D eigenvalue weighted by Gasteiger charge is -1.95. The molecule has 0 aliphatic rings. The molecule has 3 aromatic rings. The number of rotatable bonds is 0. The first-order chi connectivity index (χ1) is 6.45. The van der Waals surface area contributed by atoms with Crippen molar-refractivity contribution >= 4 is 32.3 Å². The molecule has 0 aliphatic heterocycles. The molecule has 1 aromatic heterocycles. The highest BCUT2D eigenvalue weighted by atomic mass is 32.1. The Balaban J connectivity index is 2.65. The Morgan fingerprint density at radius 2 is 2.15 bits per heavy atom. The van der Waals surface area contributed by atoms with Gasteiger partial charge in [-0.1, -0.05) is 24.3 Å². The van der Waals surface area contributed by atoms with Gasteiger partial charge in [0.15, 0.2) is 0 Å². The zero-order valence-corrected chi connectivity index (χ0v) is 7.64. The minimum atomic E-state index is 1.05. The molecule has 0 atom stereocenters. The number of fused-ring (bicyclic) bond motifs is 3. The quantitative estimate of drug-likeness (QED) is 0.522. The van der Waals surface area contributed by atoms with Crippen LogP contribution in [0.1, 0.15) is 0 Å². The van der Waals surface area contributed by atoms with Gasteiger partial charge in [0.05, 0.1) is 15.7 Å². The number of hydrogen-bond acceptors (Lipinski definition) is 2. The first-order valence-corrected chi connectivity index (χ1v) is 4.96. The Kier molecular flexibility index (Phi) is 1.37. The van der Waals surface area contributed by atoms with E-state index in [1.165, 1.54) is 15.5 Å². The van der Waals surface area contributed by atoms with Gasteiger partial charge in [0.1, 0.15) is 0 Å². The van der Waals surface area contributed by atoms with E-state index in [1.807, 2.05) is 17.6 Å². The lowest BCUT2D eigenvalue weighted by molar-refractivity contribution is 1.50. The van der Waals surface area contributed by atoms with E-state index in [0.717, 1.165) is 5.52 Å². The smallest absolute Gasteiger partial charge is 0.0824 e. The second-order valence-electron chi connectivity index (χ2n) is 2.90. The number of benzene rings is 2. The molecule has 1 heterocycles. The van der Waals surface area contributed by atoms with Gasteiger partial charge in [0, 0.05) is 5.39 Å². The lowest BCUT2D eigenvalue weighted by atomic mass is 10.1. The Hall–Kier alpha value is -1.41.